The van der Waals surface area contributed by atoms with Crippen molar-refractivity contribution in [3.8, 4) is 0 Å². The molecule has 0 aromatic carbocycles. The zero-order chi connectivity index (χ0) is 13.9. The molecule has 1 unspecified atom stereocenters. The summed E-state index contributed by atoms with van der Waals surface area (Å²) < 4.78 is 0. The summed E-state index contributed by atoms with van der Waals surface area (Å²) in [7, 11) is 0. The normalized spacial score (nSPS) is 21.1. The Morgan fingerprint density at radius 2 is 2.05 bits per heavy atom. The van der Waals surface area contributed by atoms with E-state index in [0.29, 0.717) is 11.2 Å². The van der Waals surface area contributed by atoms with Crippen molar-refractivity contribution in [2.45, 2.75) is 40.0 Å². The molecule has 3 N–H and O–H groups in total. The second-order valence-electron chi connectivity index (χ2n) is 6.39. The van der Waals surface area contributed by atoms with E-state index in [4.69, 9.17) is 5.84 Å². The average Bonchev–Trinajstić information content (AvgIpc) is 2.64. The number of anilines is 2. The average molecular weight is 263 g/mol. The van der Waals surface area contributed by atoms with Gasteiger partial charge in [0.25, 0.3) is 0 Å². The SMILES string of the molecule is CC(C)(C)C1CCCN(c2cc(NN)ncn2)CC1. The van der Waals surface area contributed by atoms with E-state index < -0.39 is 0 Å². The molecule has 0 saturated carbocycles. The van der Waals surface area contributed by atoms with Crippen molar-refractivity contribution in [3.05, 3.63) is 12.4 Å². The lowest BCUT2D eigenvalue weighted by atomic mass is 9.77. The van der Waals surface area contributed by atoms with Gasteiger partial charge in [-0.3, -0.25) is 0 Å². The predicted octanol–water partition coefficient (Wildman–Crippen LogP) is 2.41. The summed E-state index contributed by atoms with van der Waals surface area (Å²) in [6.07, 6.45) is 5.31. The quantitative estimate of drug-likeness (QED) is 0.633. The van der Waals surface area contributed by atoms with Gasteiger partial charge < -0.3 is 10.3 Å². The molecule has 0 bridgehead atoms. The number of hydrogen-bond donors (Lipinski definition) is 2. The maximum absolute atomic E-state index is 5.40. The minimum atomic E-state index is 0.395. The molecule has 0 aliphatic carbocycles. The van der Waals surface area contributed by atoms with Gasteiger partial charge in [-0.15, -0.1) is 0 Å². The highest BCUT2D eigenvalue weighted by Crippen LogP contribution is 2.35. The topological polar surface area (TPSA) is 67.1 Å². The van der Waals surface area contributed by atoms with Crippen LogP contribution < -0.4 is 16.2 Å². The Kier molecular flexibility index (Phi) is 4.24. The summed E-state index contributed by atoms with van der Waals surface area (Å²) >= 11 is 0. The Morgan fingerprint density at radius 3 is 2.74 bits per heavy atom. The monoisotopic (exact) mass is 263 g/mol. The first-order chi connectivity index (χ1) is 9.00. The molecule has 2 heterocycles. The van der Waals surface area contributed by atoms with Gasteiger partial charge in [0.1, 0.15) is 18.0 Å². The van der Waals surface area contributed by atoms with Crippen LogP contribution in [0.25, 0.3) is 0 Å². The molecular weight excluding hydrogens is 238 g/mol. The number of nitrogens with two attached hydrogens (primary N) is 1. The molecule has 0 radical (unpaired) electrons. The molecule has 1 fully saturated rings. The molecule has 5 nitrogen and oxygen atoms in total. The van der Waals surface area contributed by atoms with Crippen molar-refractivity contribution in [1.29, 1.82) is 0 Å². The van der Waals surface area contributed by atoms with Gasteiger partial charge in [0.05, 0.1) is 0 Å². The van der Waals surface area contributed by atoms with Gasteiger partial charge in [-0.2, -0.15) is 0 Å². The van der Waals surface area contributed by atoms with E-state index in [1.54, 1.807) is 6.33 Å². The van der Waals surface area contributed by atoms with E-state index in [9.17, 15) is 0 Å². The van der Waals surface area contributed by atoms with E-state index in [0.717, 1.165) is 24.8 Å². The molecule has 106 valence electrons. The number of rotatable bonds is 2. The van der Waals surface area contributed by atoms with Gasteiger partial charge in [-0.25, -0.2) is 15.8 Å². The molecule has 1 aliphatic rings. The first kappa shape index (κ1) is 14.1. The predicted molar refractivity (Wildman–Crippen MR) is 78.9 cm³/mol. The fourth-order valence-corrected chi connectivity index (χ4v) is 2.79. The lowest BCUT2D eigenvalue weighted by Gasteiger charge is -2.29. The van der Waals surface area contributed by atoms with Gasteiger partial charge in [-0.1, -0.05) is 20.8 Å². The van der Waals surface area contributed by atoms with Crippen molar-refractivity contribution >= 4 is 11.6 Å². The lowest BCUT2D eigenvalue weighted by Crippen LogP contribution is -2.27. The number of nitrogen functional groups attached to an aromatic ring is 1. The van der Waals surface area contributed by atoms with Crippen LogP contribution in [0.2, 0.25) is 0 Å². The van der Waals surface area contributed by atoms with E-state index in [-0.39, 0.29) is 0 Å². The lowest BCUT2D eigenvalue weighted by molar-refractivity contribution is 0.220. The van der Waals surface area contributed by atoms with Crippen molar-refractivity contribution in [2.75, 3.05) is 23.4 Å². The smallest absolute Gasteiger partial charge is 0.145 e. The third-order valence-electron chi connectivity index (χ3n) is 4.08. The van der Waals surface area contributed by atoms with Gasteiger partial charge in [0.2, 0.25) is 0 Å². The highest BCUT2D eigenvalue weighted by molar-refractivity contribution is 5.47. The second kappa shape index (κ2) is 5.74. The number of hydrazine groups is 1. The highest BCUT2D eigenvalue weighted by Gasteiger charge is 2.27. The van der Waals surface area contributed by atoms with Crippen molar-refractivity contribution < 1.29 is 0 Å². The molecule has 5 heteroatoms. The minimum Gasteiger partial charge on any atom is -0.356 e. The molecule has 2 rings (SSSR count). The Hall–Kier alpha value is -1.36. The van der Waals surface area contributed by atoms with Crippen LogP contribution in [0.3, 0.4) is 0 Å². The summed E-state index contributed by atoms with van der Waals surface area (Å²) in [6, 6.07) is 1.91. The zero-order valence-electron chi connectivity index (χ0n) is 12.2. The summed E-state index contributed by atoms with van der Waals surface area (Å²) in [5.41, 5.74) is 2.97. The molecule has 1 saturated heterocycles. The van der Waals surface area contributed by atoms with Crippen LogP contribution in [0.4, 0.5) is 11.6 Å². The van der Waals surface area contributed by atoms with Crippen LogP contribution in [0, 0.1) is 11.3 Å². The number of aromatic nitrogens is 2. The van der Waals surface area contributed by atoms with Crippen LogP contribution in [0.5, 0.6) is 0 Å². The minimum absolute atomic E-state index is 0.395. The van der Waals surface area contributed by atoms with Crippen LogP contribution in [0.1, 0.15) is 40.0 Å². The van der Waals surface area contributed by atoms with Crippen molar-refractivity contribution in [3.63, 3.8) is 0 Å². The summed E-state index contributed by atoms with van der Waals surface area (Å²) in [5.74, 6) is 7.82. The zero-order valence-corrected chi connectivity index (χ0v) is 12.2. The molecule has 1 aromatic rings. The molecular formula is C14H25N5. The van der Waals surface area contributed by atoms with E-state index in [2.05, 4.69) is 41.1 Å². The first-order valence-electron chi connectivity index (χ1n) is 7.04. The molecule has 19 heavy (non-hydrogen) atoms. The number of hydrogen-bond acceptors (Lipinski definition) is 5. The van der Waals surface area contributed by atoms with Crippen molar-refractivity contribution in [2.24, 2.45) is 17.2 Å². The van der Waals surface area contributed by atoms with Crippen LogP contribution in [-0.2, 0) is 0 Å². The molecule has 0 spiro atoms. The maximum Gasteiger partial charge on any atom is 0.145 e. The van der Waals surface area contributed by atoms with Crippen LogP contribution in [0.15, 0.2) is 12.4 Å². The van der Waals surface area contributed by atoms with E-state index in [1.165, 1.54) is 19.3 Å². The van der Waals surface area contributed by atoms with Crippen molar-refractivity contribution in [1.82, 2.24) is 9.97 Å². The van der Waals surface area contributed by atoms with E-state index >= 15 is 0 Å². The second-order valence-corrected chi connectivity index (χ2v) is 6.39. The van der Waals surface area contributed by atoms with Gasteiger partial charge in [0, 0.05) is 19.2 Å². The first-order valence-corrected chi connectivity index (χ1v) is 7.04. The van der Waals surface area contributed by atoms with Gasteiger partial charge in [0.15, 0.2) is 0 Å². The third-order valence-corrected chi connectivity index (χ3v) is 4.08. The fraction of sp³-hybridized carbons (Fsp3) is 0.714. The maximum atomic E-state index is 5.40. The highest BCUT2D eigenvalue weighted by atomic mass is 15.3. The van der Waals surface area contributed by atoms with Gasteiger partial charge >= 0.3 is 0 Å². The number of nitrogens with one attached hydrogen (secondary N) is 1. The Morgan fingerprint density at radius 1 is 1.26 bits per heavy atom. The third kappa shape index (κ3) is 3.56. The Labute approximate surface area is 115 Å². The molecule has 1 atom stereocenters. The molecule has 1 aliphatic heterocycles. The van der Waals surface area contributed by atoms with Crippen LogP contribution >= 0.6 is 0 Å². The van der Waals surface area contributed by atoms with Crippen LogP contribution in [-0.4, -0.2) is 23.1 Å². The summed E-state index contributed by atoms with van der Waals surface area (Å²) in [4.78, 5) is 10.8. The Bertz CT molecular complexity index is 413. The summed E-state index contributed by atoms with van der Waals surface area (Å²) in [5, 5.41) is 0. The summed E-state index contributed by atoms with van der Waals surface area (Å²) in [6.45, 7) is 9.15. The molecule has 1 aromatic heterocycles. The Balaban J connectivity index is 2.06. The van der Waals surface area contributed by atoms with Gasteiger partial charge in [-0.05, 0) is 30.6 Å². The number of nitrogens with zero attached hydrogens (tertiary/aromatic N) is 3. The fourth-order valence-electron chi connectivity index (χ4n) is 2.79. The van der Waals surface area contributed by atoms with E-state index in [1.807, 2.05) is 6.07 Å². The standard InChI is InChI=1S/C14H25N5/c1-14(2,3)11-5-4-7-19(8-6-11)13-9-12(18-15)16-10-17-13/h9-11H,4-8,15H2,1-3H3,(H,16,17,18). The largest absolute Gasteiger partial charge is 0.356 e. The molecule has 0 amide bonds.